The molecule has 1 rings (SSSR count). The number of anilines is 1. The normalized spacial score (nSPS) is 11.2. The van der Waals surface area contributed by atoms with Crippen LogP contribution in [0.15, 0.2) is 24.3 Å². The standard InChI is InChI=1S/C13H21N3O/c1-13(2,3)16-8-7-15-11-6-4-5-10(9-11)12(14)17/h4-6,9,15-16H,7-8H2,1-3H3,(H2,14,17). The second kappa shape index (κ2) is 5.68. The first-order valence-electron chi connectivity index (χ1n) is 5.77. The van der Waals surface area contributed by atoms with E-state index in [2.05, 4.69) is 31.4 Å². The number of hydrogen-bond acceptors (Lipinski definition) is 3. The molecule has 0 saturated heterocycles. The van der Waals surface area contributed by atoms with Gasteiger partial charge in [0.15, 0.2) is 0 Å². The first kappa shape index (κ1) is 13.5. The van der Waals surface area contributed by atoms with Gasteiger partial charge in [0.2, 0.25) is 5.91 Å². The molecular formula is C13H21N3O. The molecule has 0 aliphatic carbocycles. The lowest BCUT2D eigenvalue weighted by atomic mass is 10.1. The smallest absolute Gasteiger partial charge is 0.248 e. The fourth-order valence-corrected chi connectivity index (χ4v) is 1.43. The van der Waals surface area contributed by atoms with Crippen LogP contribution in [-0.4, -0.2) is 24.5 Å². The number of benzene rings is 1. The molecule has 0 saturated carbocycles. The highest BCUT2D eigenvalue weighted by Gasteiger charge is 2.07. The minimum Gasteiger partial charge on any atom is -0.384 e. The molecule has 1 aromatic carbocycles. The average Bonchev–Trinajstić information content (AvgIpc) is 2.23. The predicted molar refractivity (Wildman–Crippen MR) is 71.2 cm³/mol. The molecule has 1 amide bonds. The van der Waals surface area contributed by atoms with Gasteiger partial charge in [0.1, 0.15) is 0 Å². The van der Waals surface area contributed by atoms with Crippen LogP contribution >= 0.6 is 0 Å². The van der Waals surface area contributed by atoms with Crippen molar-refractivity contribution in [3.05, 3.63) is 29.8 Å². The van der Waals surface area contributed by atoms with E-state index in [1.807, 2.05) is 12.1 Å². The van der Waals surface area contributed by atoms with E-state index in [0.29, 0.717) is 5.56 Å². The molecule has 0 aromatic heterocycles. The SMILES string of the molecule is CC(C)(C)NCCNc1cccc(C(N)=O)c1. The largest absolute Gasteiger partial charge is 0.384 e. The highest BCUT2D eigenvalue weighted by atomic mass is 16.1. The zero-order chi connectivity index (χ0) is 12.9. The van der Waals surface area contributed by atoms with Crippen LogP contribution in [0.5, 0.6) is 0 Å². The molecule has 0 spiro atoms. The Morgan fingerprint density at radius 2 is 2.00 bits per heavy atom. The highest BCUT2D eigenvalue weighted by molar-refractivity contribution is 5.93. The number of primary amides is 1. The third kappa shape index (κ3) is 5.36. The van der Waals surface area contributed by atoms with Crippen LogP contribution in [0.3, 0.4) is 0 Å². The van der Waals surface area contributed by atoms with Crippen LogP contribution in [0.2, 0.25) is 0 Å². The van der Waals surface area contributed by atoms with Gasteiger partial charge in [0.25, 0.3) is 0 Å². The van der Waals surface area contributed by atoms with Gasteiger partial charge in [-0.15, -0.1) is 0 Å². The Bertz CT molecular complexity index is 382. The van der Waals surface area contributed by atoms with E-state index in [0.717, 1.165) is 18.8 Å². The Balaban J connectivity index is 2.42. The molecule has 94 valence electrons. The monoisotopic (exact) mass is 235 g/mol. The molecule has 0 atom stereocenters. The summed E-state index contributed by atoms with van der Waals surface area (Å²) in [4.78, 5) is 11.0. The number of hydrogen-bond donors (Lipinski definition) is 3. The van der Waals surface area contributed by atoms with Crippen LogP contribution < -0.4 is 16.4 Å². The molecule has 0 radical (unpaired) electrons. The highest BCUT2D eigenvalue weighted by Crippen LogP contribution is 2.09. The maximum Gasteiger partial charge on any atom is 0.248 e. The average molecular weight is 235 g/mol. The number of carbonyl (C=O) groups is 1. The van der Waals surface area contributed by atoms with Crippen molar-refractivity contribution in [1.29, 1.82) is 0 Å². The second-order valence-corrected chi connectivity index (χ2v) is 5.05. The molecule has 0 bridgehead atoms. The first-order valence-corrected chi connectivity index (χ1v) is 5.77. The molecule has 0 heterocycles. The minimum atomic E-state index is -0.401. The molecule has 4 N–H and O–H groups in total. The van der Waals surface area contributed by atoms with E-state index < -0.39 is 5.91 Å². The number of carbonyl (C=O) groups excluding carboxylic acids is 1. The van der Waals surface area contributed by atoms with Crippen LogP contribution in [0.4, 0.5) is 5.69 Å². The van der Waals surface area contributed by atoms with E-state index in [-0.39, 0.29) is 5.54 Å². The molecule has 1 aromatic rings. The van der Waals surface area contributed by atoms with E-state index in [1.165, 1.54) is 0 Å². The van der Waals surface area contributed by atoms with Crippen molar-refractivity contribution in [3.8, 4) is 0 Å². The molecule has 0 unspecified atom stereocenters. The Labute approximate surface area is 103 Å². The zero-order valence-electron chi connectivity index (χ0n) is 10.7. The molecule has 0 fully saturated rings. The van der Waals surface area contributed by atoms with Crippen molar-refractivity contribution < 1.29 is 4.79 Å². The summed E-state index contributed by atoms with van der Waals surface area (Å²) < 4.78 is 0. The van der Waals surface area contributed by atoms with Crippen molar-refractivity contribution in [2.24, 2.45) is 5.73 Å². The maximum atomic E-state index is 11.0. The Hall–Kier alpha value is -1.55. The third-order valence-electron chi connectivity index (χ3n) is 2.26. The van der Waals surface area contributed by atoms with Crippen LogP contribution in [0.1, 0.15) is 31.1 Å². The van der Waals surface area contributed by atoms with E-state index >= 15 is 0 Å². The van der Waals surface area contributed by atoms with Crippen LogP contribution in [0.25, 0.3) is 0 Å². The van der Waals surface area contributed by atoms with Gasteiger partial charge in [-0.05, 0) is 39.0 Å². The molecule has 17 heavy (non-hydrogen) atoms. The van der Waals surface area contributed by atoms with Crippen molar-refractivity contribution in [2.75, 3.05) is 18.4 Å². The predicted octanol–water partition coefficient (Wildman–Crippen LogP) is 1.59. The zero-order valence-corrected chi connectivity index (χ0v) is 10.7. The molecule has 4 heteroatoms. The Kier molecular flexibility index (Phi) is 4.52. The maximum absolute atomic E-state index is 11.0. The summed E-state index contributed by atoms with van der Waals surface area (Å²) in [5.41, 5.74) is 6.78. The lowest BCUT2D eigenvalue weighted by molar-refractivity contribution is 0.100. The van der Waals surface area contributed by atoms with Crippen LogP contribution in [0, 0.1) is 0 Å². The number of nitrogens with one attached hydrogen (secondary N) is 2. The van der Waals surface area contributed by atoms with Crippen molar-refractivity contribution in [3.63, 3.8) is 0 Å². The van der Waals surface area contributed by atoms with Gasteiger partial charge in [-0.2, -0.15) is 0 Å². The summed E-state index contributed by atoms with van der Waals surface area (Å²) in [7, 11) is 0. The summed E-state index contributed by atoms with van der Waals surface area (Å²) in [5.74, 6) is -0.401. The van der Waals surface area contributed by atoms with Gasteiger partial charge in [-0.25, -0.2) is 0 Å². The summed E-state index contributed by atoms with van der Waals surface area (Å²) >= 11 is 0. The summed E-state index contributed by atoms with van der Waals surface area (Å²) in [6.45, 7) is 8.05. The number of nitrogens with two attached hydrogens (primary N) is 1. The summed E-state index contributed by atoms with van der Waals surface area (Å²) in [6.07, 6.45) is 0. The van der Waals surface area contributed by atoms with Gasteiger partial charge in [-0.3, -0.25) is 4.79 Å². The van der Waals surface area contributed by atoms with Crippen molar-refractivity contribution in [1.82, 2.24) is 5.32 Å². The molecule has 0 aliphatic rings. The van der Waals surface area contributed by atoms with Gasteiger partial charge < -0.3 is 16.4 Å². The van der Waals surface area contributed by atoms with Gasteiger partial charge in [0.05, 0.1) is 0 Å². The van der Waals surface area contributed by atoms with Crippen molar-refractivity contribution >= 4 is 11.6 Å². The van der Waals surface area contributed by atoms with Crippen molar-refractivity contribution in [2.45, 2.75) is 26.3 Å². The molecular weight excluding hydrogens is 214 g/mol. The number of amides is 1. The molecule has 0 aliphatic heterocycles. The van der Waals surface area contributed by atoms with Crippen LogP contribution in [-0.2, 0) is 0 Å². The van der Waals surface area contributed by atoms with E-state index in [4.69, 9.17) is 5.73 Å². The lowest BCUT2D eigenvalue weighted by Crippen LogP contribution is -2.38. The van der Waals surface area contributed by atoms with E-state index in [9.17, 15) is 4.79 Å². The van der Waals surface area contributed by atoms with Gasteiger partial charge >= 0.3 is 0 Å². The fourth-order valence-electron chi connectivity index (χ4n) is 1.43. The van der Waals surface area contributed by atoms with Gasteiger partial charge in [0, 0.05) is 29.9 Å². The Morgan fingerprint density at radius 1 is 1.29 bits per heavy atom. The van der Waals surface area contributed by atoms with E-state index in [1.54, 1.807) is 12.1 Å². The minimum absolute atomic E-state index is 0.122. The fraction of sp³-hybridized carbons (Fsp3) is 0.462. The molecule has 4 nitrogen and oxygen atoms in total. The summed E-state index contributed by atoms with van der Waals surface area (Å²) in [5, 5.41) is 6.62. The second-order valence-electron chi connectivity index (χ2n) is 5.05. The third-order valence-corrected chi connectivity index (χ3v) is 2.26. The summed E-state index contributed by atoms with van der Waals surface area (Å²) in [6, 6.07) is 7.21. The topological polar surface area (TPSA) is 67.2 Å². The quantitative estimate of drug-likeness (QED) is 0.679. The van der Waals surface area contributed by atoms with Gasteiger partial charge in [-0.1, -0.05) is 6.07 Å². The number of rotatable bonds is 5. The lowest BCUT2D eigenvalue weighted by Gasteiger charge is -2.20. The first-order chi connectivity index (χ1) is 7.88. The Morgan fingerprint density at radius 3 is 2.59 bits per heavy atom.